The van der Waals surface area contributed by atoms with Gasteiger partial charge in [0.15, 0.2) is 0 Å². The Hall–Kier alpha value is -7.94. The van der Waals surface area contributed by atoms with Crippen LogP contribution in [0.4, 0.5) is 17.1 Å². The molecule has 2 nitrogen and oxygen atoms in total. The highest BCUT2D eigenvalue weighted by Crippen LogP contribution is 2.41. The van der Waals surface area contributed by atoms with Crippen LogP contribution in [0.2, 0.25) is 0 Å². The zero-order chi connectivity index (χ0) is 39.8. The van der Waals surface area contributed by atoms with Gasteiger partial charge in [0.2, 0.25) is 0 Å². The lowest BCUT2D eigenvalue weighted by atomic mass is 10.0. The third-order valence-corrected chi connectivity index (χ3v) is 11.8. The molecule has 11 aromatic rings. The Kier molecular flexibility index (Phi) is 8.87. The molecule has 10 aromatic carbocycles. The Balaban J connectivity index is 0.950. The highest BCUT2D eigenvalue weighted by atomic mass is 15.1. The van der Waals surface area contributed by atoms with Crippen LogP contribution in [-0.4, -0.2) is 4.57 Å². The Bertz CT molecular complexity index is 3160. The van der Waals surface area contributed by atoms with E-state index in [9.17, 15) is 0 Å². The van der Waals surface area contributed by atoms with Gasteiger partial charge >= 0.3 is 0 Å². The van der Waals surface area contributed by atoms with Crippen molar-refractivity contribution < 1.29 is 0 Å². The highest BCUT2D eigenvalue weighted by molar-refractivity contribution is 6.21. The van der Waals surface area contributed by atoms with Gasteiger partial charge in [-0.05, 0) is 122 Å². The van der Waals surface area contributed by atoms with Crippen molar-refractivity contribution in [1.82, 2.24) is 4.57 Å². The maximum absolute atomic E-state index is 2.42. The Morgan fingerprint density at radius 2 is 0.650 bits per heavy atom. The molecule has 0 spiro atoms. The van der Waals surface area contributed by atoms with Crippen molar-refractivity contribution in [3.63, 3.8) is 0 Å². The molecule has 0 bridgehead atoms. The summed E-state index contributed by atoms with van der Waals surface area (Å²) in [6, 6.07) is 87.7. The van der Waals surface area contributed by atoms with Gasteiger partial charge in [-0.3, -0.25) is 0 Å². The predicted molar refractivity (Wildman–Crippen MR) is 255 cm³/mol. The van der Waals surface area contributed by atoms with Crippen molar-refractivity contribution in [2.75, 3.05) is 4.90 Å². The summed E-state index contributed by atoms with van der Waals surface area (Å²) in [5.41, 5.74) is 16.5. The lowest BCUT2D eigenvalue weighted by molar-refractivity contribution is 1.18. The van der Waals surface area contributed by atoms with Gasteiger partial charge in [0, 0.05) is 33.5 Å². The molecule has 0 N–H and O–H groups in total. The normalized spacial score (nSPS) is 11.3. The van der Waals surface area contributed by atoms with Gasteiger partial charge in [-0.25, -0.2) is 0 Å². The summed E-state index contributed by atoms with van der Waals surface area (Å²) in [6.07, 6.45) is 0. The van der Waals surface area contributed by atoms with Gasteiger partial charge in [-0.2, -0.15) is 0 Å². The molecular weight excluding hydrogens is 725 g/mol. The zero-order valence-corrected chi connectivity index (χ0v) is 33.0. The van der Waals surface area contributed by atoms with Crippen molar-refractivity contribution in [2.45, 2.75) is 0 Å². The van der Waals surface area contributed by atoms with Crippen molar-refractivity contribution in [1.29, 1.82) is 0 Å². The molecule has 60 heavy (non-hydrogen) atoms. The second-order valence-corrected chi connectivity index (χ2v) is 15.4. The molecule has 1 heterocycles. The largest absolute Gasteiger partial charge is 0.311 e. The molecule has 0 saturated carbocycles. The van der Waals surface area contributed by atoms with Crippen molar-refractivity contribution in [2.24, 2.45) is 0 Å². The van der Waals surface area contributed by atoms with E-state index in [1.807, 2.05) is 0 Å². The summed E-state index contributed by atoms with van der Waals surface area (Å²) in [7, 11) is 0. The minimum Gasteiger partial charge on any atom is -0.311 e. The summed E-state index contributed by atoms with van der Waals surface area (Å²) >= 11 is 0. The molecule has 2 heteroatoms. The topological polar surface area (TPSA) is 8.17 Å². The van der Waals surface area contributed by atoms with E-state index in [-0.39, 0.29) is 0 Å². The van der Waals surface area contributed by atoms with E-state index in [2.05, 4.69) is 252 Å². The molecule has 1 aromatic heterocycles. The Morgan fingerprint density at radius 3 is 1.15 bits per heavy atom. The Labute approximate surface area is 350 Å². The summed E-state index contributed by atoms with van der Waals surface area (Å²) < 4.78 is 2.42. The summed E-state index contributed by atoms with van der Waals surface area (Å²) in [4.78, 5) is 2.34. The third-order valence-electron chi connectivity index (χ3n) is 11.8. The molecule has 0 aliphatic carbocycles. The van der Waals surface area contributed by atoms with Crippen LogP contribution >= 0.6 is 0 Å². The summed E-state index contributed by atoms with van der Waals surface area (Å²) in [5, 5.41) is 5.07. The quantitative estimate of drug-likeness (QED) is 0.150. The number of hydrogen-bond donors (Lipinski definition) is 0. The van der Waals surface area contributed by atoms with E-state index >= 15 is 0 Å². The fourth-order valence-corrected chi connectivity index (χ4v) is 8.80. The molecule has 0 aliphatic heterocycles. The maximum Gasteiger partial charge on any atom is 0.0547 e. The summed E-state index contributed by atoms with van der Waals surface area (Å²) in [5.74, 6) is 0. The van der Waals surface area contributed by atoms with E-state index in [0.29, 0.717) is 0 Å². The average Bonchev–Trinajstić information content (AvgIpc) is 3.67. The monoisotopic (exact) mass is 764 g/mol. The number of hydrogen-bond acceptors (Lipinski definition) is 1. The standard InChI is InChI=1S/C58H40N2/c1-4-12-41(13-5-1)44-20-30-50(31-21-44)59(51-32-22-45(23-33-51)42-14-6-2-7-15-42)52-34-24-46(25-35-52)47-26-36-53(37-27-47)60-56-38-29-49(43-16-8-3-9-17-43)40-55(56)58-54-19-11-10-18-48(54)28-39-57(58)60/h1-40H. The van der Waals surface area contributed by atoms with Gasteiger partial charge in [-0.15, -0.1) is 0 Å². The lowest BCUT2D eigenvalue weighted by Gasteiger charge is -2.26. The van der Waals surface area contributed by atoms with E-state index in [0.717, 1.165) is 22.7 Å². The molecule has 0 amide bonds. The molecule has 11 rings (SSSR count). The Morgan fingerprint density at radius 1 is 0.267 bits per heavy atom. The first kappa shape index (κ1) is 35.2. The van der Waals surface area contributed by atoms with E-state index < -0.39 is 0 Å². The first-order chi connectivity index (χ1) is 29.7. The number of anilines is 3. The van der Waals surface area contributed by atoms with Crippen LogP contribution in [0.5, 0.6) is 0 Å². The molecule has 0 radical (unpaired) electrons. The third kappa shape index (κ3) is 6.41. The minimum atomic E-state index is 1.10. The van der Waals surface area contributed by atoms with Gasteiger partial charge in [-0.1, -0.05) is 176 Å². The molecular formula is C58H40N2. The smallest absolute Gasteiger partial charge is 0.0547 e. The van der Waals surface area contributed by atoms with Crippen molar-refractivity contribution in [3.8, 4) is 50.2 Å². The SMILES string of the molecule is c1ccc(-c2ccc(N(c3ccc(-c4ccccc4)cc3)c3ccc(-c4ccc(-n5c6ccc(-c7ccccc7)cc6c6c7ccccc7ccc65)cc4)cc3)cc2)cc1. The highest BCUT2D eigenvalue weighted by Gasteiger charge is 2.17. The van der Waals surface area contributed by atoms with Crippen LogP contribution in [0.1, 0.15) is 0 Å². The summed E-state index contributed by atoms with van der Waals surface area (Å²) in [6.45, 7) is 0. The second kappa shape index (κ2) is 15.1. The van der Waals surface area contributed by atoms with E-state index in [4.69, 9.17) is 0 Å². The van der Waals surface area contributed by atoms with Gasteiger partial charge in [0.25, 0.3) is 0 Å². The van der Waals surface area contributed by atoms with Crippen LogP contribution in [0.25, 0.3) is 82.8 Å². The molecule has 0 atom stereocenters. The van der Waals surface area contributed by atoms with Crippen LogP contribution in [0.3, 0.4) is 0 Å². The lowest BCUT2D eigenvalue weighted by Crippen LogP contribution is -2.09. The maximum atomic E-state index is 2.42. The first-order valence-corrected chi connectivity index (χ1v) is 20.6. The fourth-order valence-electron chi connectivity index (χ4n) is 8.80. The molecule has 0 fully saturated rings. The van der Waals surface area contributed by atoms with Crippen LogP contribution in [0, 0.1) is 0 Å². The number of aromatic nitrogens is 1. The van der Waals surface area contributed by atoms with Crippen LogP contribution < -0.4 is 4.90 Å². The second-order valence-electron chi connectivity index (χ2n) is 15.4. The van der Waals surface area contributed by atoms with Gasteiger partial charge in [0.1, 0.15) is 0 Å². The average molecular weight is 765 g/mol. The van der Waals surface area contributed by atoms with Gasteiger partial charge in [0.05, 0.1) is 11.0 Å². The molecule has 0 unspecified atom stereocenters. The zero-order valence-electron chi connectivity index (χ0n) is 33.0. The van der Waals surface area contributed by atoms with Crippen LogP contribution in [0.15, 0.2) is 243 Å². The predicted octanol–water partition coefficient (Wildman–Crippen LogP) is 16.1. The first-order valence-electron chi connectivity index (χ1n) is 20.6. The minimum absolute atomic E-state index is 1.10. The van der Waals surface area contributed by atoms with Crippen LogP contribution in [-0.2, 0) is 0 Å². The number of benzene rings is 10. The number of rotatable bonds is 8. The molecule has 0 aliphatic rings. The van der Waals surface area contributed by atoms with E-state index in [1.165, 1.54) is 77.1 Å². The number of fused-ring (bicyclic) bond motifs is 5. The van der Waals surface area contributed by atoms with Gasteiger partial charge < -0.3 is 9.47 Å². The molecule has 0 saturated heterocycles. The van der Waals surface area contributed by atoms with Crippen molar-refractivity contribution >= 4 is 49.6 Å². The fraction of sp³-hybridized carbons (Fsp3) is 0. The van der Waals surface area contributed by atoms with E-state index in [1.54, 1.807) is 0 Å². The number of nitrogens with zero attached hydrogens (tertiary/aromatic N) is 2. The molecule has 282 valence electrons. The van der Waals surface area contributed by atoms with Crippen molar-refractivity contribution in [3.05, 3.63) is 243 Å².